The van der Waals surface area contributed by atoms with E-state index in [1.54, 1.807) is 20.8 Å². The summed E-state index contributed by atoms with van der Waals surface area (Å²) in [5, 5.41) is 0. The second kappa shape index (κ2) is 7.85. The van der Waals surface area contributed by atoms with E-state index in [1.807, 2.05) is 0 Å². The van der Waals surface area contributed by atoms with E-state index in [1.165, 1.54) is 9.80 Å². The number of alkyl halides is 6. The fraction of sp³-hybridized carbons (Fsp3) is 0.526. The highest BCUT2D eigenvalue weighted by Crippen LogP contribution is 2.39. The first kappa shape index (κ1) is 23.7. The number of hydrogen-bond donors (Lipinski definition) is 1. The van der Waals surface area contributed by atoms with E-state index >= 15 is 0 Å². The summed E-state index contributed by atoms with van der Waals surface area (Å²) in [6.07, 6.45) is -10.7. The van der Waals surface area contributed by atoms with Crippen LogP contribution in [0.5, 0.6) is 0 Å². The number of nitrogens with zero attached hydrogens (tertiary/aromatic N) is 3. The Bertz CT molecular complexity index is 1040. The number of ether oxygens (including phenoxy) is 1. The van der Waals surface area contributed by atoms with Crippen LogP contribution in [0.15, 0.2) is 12.1 Å². The van der Waals surface area contributed by atoms with Gasteiger partial charge in [-0.25, -0.2) is 9.78 Å². The number of fused-ring (bicyclic) bond motifs is 1. The van der Waals surface area contributed by atoms with E-state index in [-0.39, 0.29) is 38.1 Å². The van der Waals surface area contributed by atoms with E-state index in [2.05, 4.69) is 9.97 Å². The van der Waals surface area contributed by atoms with E-state index in [0.29, 0.717) is 6.07 Å². The van der Waals surface area contributed by atoms with Crippen molar-refractivity contribution in [3.63, 3.8) is 0 Å². The number of nitrogens with one attached hydrogen (secondary N) is 1. The lowest BCUT2D eigenvalue weighted by molar-refractivity contribution is -0.142. The zero-order valence-electron chi connectivity index (χ0n) is 17.3. The number of hydrogen-bond acceptors (Lipinski definition) is 4. The van der Waals surface area contributed by atoms with Crippen molar-refractivity contribution < 1.29 is 40.7 Å². The lowest BCUT2D eigenvalue weighted by Gasteiger charge is -2.34. The molecule has 1 aromatic heterocycles. The number of carbonyl (C=O) groups excluding carboxylic acids is 2. The van der Waals surface area contributed by atoms with Gasteiger partial charge in [0, 0.05) is 13.1 Å². The number of halogens is 6. The zero-order valence-corrected chi connectivity index (χ0v) is 17.3. The number of aromatic nitrogens is 2. The van der Waals surface area contributed by atoms with Gasteiger partial charge in [-0.2, -0.15) is 26.3 Å². The van der Waals surface area contributed by atoms with Crippen molar-refractivity contribution >= 4 is 23.0 Å². The van der Waals surface area contributed by atoms with Crippen molar-refractivity contribution in [2.24, 2.45) is 0 Å². The number of rotatable bonds is 2. The fourth-order valence-electron chi connectivity index (χ4n) is 3.16. The zero-order chi connectivity index (χ0) is 24.1. The standard InChI is InChI=1S/C19H20F6N4O3/c1-17(2,3)32-16(31)29-5-4-28(14(30)9-29)8-13-26-12-7-10(18(20,21)22)6-11(15(12)27-13)19(23,24)25/h6-7H,4-5,8-9H2,1-3H3,(H,26,27). The van der Waals surface area contributed by atoms with Crippen LogP contribution >= 0.6 is 0 Å². The Kier molecular flexibility index (Phi) is 5.81. The molecule has 7 nitrogen and oxygen atoms in total. The Labute approximate surface area is 178 Å². The molecule has 0 unspecified atom stereocenters. The summed E-state index contributed by atoms with van der Waals surface area (Å²) in [6.45, 7) is 4.62. The highest BCUT2D eigenvalue weighted by molar-refractivity contribution is 5.84. The highest BCUT2D eigenvalue weighted by Gasteiger charge is 2.39. The van der Waals surface area contributed by atoms with Crippen molar-refractivity contribution in [1.82, 2.24) is 19.8 Å². The molecule has 1 N–H and O–H groups in total. The Morgan fingerprint density at radius 1 is 1.09 bits per heavy atom. The predicted molar refractivity (Wildman–Crippen MR) is 99.3 cm³/mol. The molecule has 0 saturated carbocycles. The van der Waals surface area contributed by atoms with Gasteiger partial charge in [0.25, 0.3) is 0 Å². The predicted octanol–water partition coefficient (Wildman–Crippen LogP) is 4.18. The molecule has 0 aliphatic carbocycles. The molecule has 2 aromatic rings. The number of piperazine rings is 1. The second-order valence-corrected chi connectivity index (χ2v) is 8.32. The molecule has 0 bridgehead atoms. The van der Waals surface area contributed by atoms with Crippen molar-refractivity contribution in [3.05, 3.63) is 29.1 Å². The first-order valence-corrected chi connectivity index (χ1v) is 9.47. The fourth-order valence-corrected chi connectivity index (χ4v) is 3.16. The Hall–Kier alpha value is -2.99. The first-order chi connectivity index (χ1) is 14.5. The van der Waals surface area contributed by atoms with Gasteiger partial charge in [-0.1, -0.05) is 0 Å². The summed E-state index contributed by atoms with van der Waals surface area (Å²) in [4.78, 5) is 33.2. The molecule has 0 spiro atoms. The number of aromatic amines is 1. The summed E-state index contributed by atoms with van der Waals surface area (Å²) in [7, 11) is 0. The van der Waals surface area contributed by atoms with E-state index in [0.717, 1.165) is 0 Å². The third-order valence-electron chi connectivity index (χ3n) is 4.58. The summed E-state index contributed by atoms with van der Waals surface area (Å²) in [6, 6.07) is 0.557. The van der Waals surface area contributed by atoms with Crippen LogP contribution in [-0.4, -0.2) is 57.0 Å². The van der Waals surface area contributed by atoms with Crippen molar-refractivity contribution in [2.75, 3.05) is 19.6 Å². The van der Waals surface area contributed by atoms with Crippen molar-refractivity contribution in [2.45, 2.75) is 45.3 Å². The van der Waals surface area contributed by atoms with Gasteiger partial charge in [-0.15, -0.1) is 0 Å². The van der Waals surface area contributed by atoms with Gasteiger partial charge in [0.2, 0.25) is 5.91 Å². The van der Waals surface area contributed by atoms with Gasteiger partial charge < -0.3 is 14.6 Å². The average Bonchev–Trinajstić information content (AvgIpc) is 3.01. The number of carbonyl (C=O) groups is 2. The minimum absolute atomic E-state index is 0.0116. The normalized spacial score (nSPS) is 16.1. The molecular formula is C19H20F6N4O3. The van der Waals surface area contributed by atoms with Gasteiger partial charge in [-0.3, -0.25) is 9.69 Å². The number of imidazole rings is 1. The van der Waals surface area contributed by atoms with E-state index in [9.17, 15) is 35.9 Å². The lowest BCUT2D eigenvalue weighted by atomic mass is 10.1. The van der Waals surface area contributed by atoms with Crippen LogP contribution in [0.2, 0.25) is 0 Å². The molecule has 176 valence electrons. The van der Waals surface area contributed by atoms with Crippen LogP contribution in [0.4, 0.5) is 31.1 Å². The maximum Gasteiger partial charge on any atom is 0.418 e. The molecule has 1 fully saturated rings. The molecule has 1 aliphatic rings. The summed E-state index contributed by atoms with van der Waals surface area (Å²) in [5.41, 5.74) is -4.85. The molecule has 2 amide bonds. The molecule has 0 atom stereocenters. The molecule has 2 heterocycles. The summed E-state index contributed by atoms with van der Waals surface area (Å²) >= 11 is 0. The second-order valence-electron chi connectivity index (χ2n) is 8.32. The maximum atomic E-state index is 13.3. The van der Waals surface area contributed by atoms with Gasteiger partial charge in [-0.05, 0) is 32.9 Å². The van der Waals surface area contributed by atoms with Crippen LogP contribution in [-0.2, 0) is 28.4 Å². The number of benzene rings is 1. The third kappa shape index (κ3) is 5.25. The molecule has 13 heteroatoms. The van der Waals surface area contributed by atoms with Crippen LogP contribution in [0, 0.1) is 0 Å². The van der Waals surface area contributed by atoms with Crippen LogP contribution in [0.1, 0.15) is 37.7 Å². The largest absolute Gasteiger partial charge is 0.444 e. The van der Waals surface area contributed by atoms with E-state index < -0.39 is 52.1 Å². The smallest absolute Gasteiger partial charge is 0.418 e. The average molecular weight is 466 g/mol. The highest BCUT2D eigenvalue weighted by atomic mass is 19.4. The molecule has 32 heavy (non-hydrogen) atoms. The Morgan fingerprint density at radius 3 is 2.28 bits per heavy atom. The Balaban J connectivity index is 1.81. The maximum absolute atomic E-state index is 13.3. The molecular weight excluding hydrogens is 446 g/mol. The minimum atomic E-state index is -5.05. The number of amides is 2. The van der Waals surface area contributed by atoms with Crippen LogP contribution < -0.4 is 0 Å². The van der Waals surface area contributed by atoms with Crippen molar-refractivity contribution in [1.29, 1.82) is 0 Å². The summed E-state index contributed by atoms with van der Waals surface area (Å²) < 4.78 is 84.2. The third-order valence-corrected chi connectivity index (χ3v) is 4.58. The molecule has 0 radical (unpaired) electrons. The van der Waals surface area contributed by atoms with Crippen LogP contribution in [0.25, 0.3) is 11.0 Å². The molecule has 1 saturated heterocycles. The summed E-state index contributed by atoms with van der Waals surface area (Å²) in [5.74, 6) is -0.613. The lowest BCUT2D eigenvalue weighted by Crippen LogP contribution is -2.52. The van der Waals surface area contributed by atoms with Gasteiger partial charge >= 0.3 is 18.4 Å². The van der Waals surface area contributed by atoms with Crippen molar-refractivity contribution in [3.8, 4) is 0 Å². The quantitative estimate of drug-likeness (QED) is 0.674. The SMILES string of the molecule is CC(C)(C)OC(=O)N1CCN(Cc2nc3c(C(F)(F)F)cc(C(F)(F)F)cc3[nH]2)C(=O)C1. The monoisotopic (exact) mass is 466 g/mol. The topological polar surface area (TPSA) is 78.5 Å². The number of H-pyrrole nitrogens is 1. The van der Waals surface area contributed by atoms with Gasteiger partial charge in [0.15, 0.2) is 0 Å². The van der Waals surface area contributed by atoms with E-state index in [4.69, 9.17) is 4.74 Å². The minimum Gasteiger partial charge on any atom is -0.444 e. The van der Waals surface area contributed by atoms with Crippen LogP contribution in [0.3, 0.4) is 0 Å². The molecule has 1 aliphatic heterocycles. The van der Waals surface area contributed by atoms with Gasteiger partial charge in [0.05, 0.1) is 23.2 Å². The van der Waals surface area contributed by atoms with Gasteiger partial charge in [0.1, 0.15) is 23.5 Å². The first-order valence-electron chi connectivity index (χ1n) is 9.47. The Morgan fingerprint density at radius 2 is 1.75 bits per heavy atom. The molecule has 3 rings (SSSR count). The molecule has 1 aromatic carbocycles.